The number of hydrogen-bond donors (Lipinski definition) is 0. The topological polar surface area (TPSA) is 69.4 Å². The Kier molecular flexibility index (Phi) is 4.57. The summed E-state index contributed by atoms with van der Waals surface area (Å²) in [5.74, 6) is 0.473. The molecule has 5 nitrogen and oxygen atoms in total. The Hall–Kier alpha value is -1.11. The van der Waals surface area contributed by atoms with Gasteiger partial charge in [-0.25, -0.2) is 13.4 Å². The van der Waals surface area contributed by atoms with Crippen LogP contribution in [0.1, 0.15) is 33.6 Å². The van der Waals surface area contributed by atoms with E-state index in [1.807, 2.05) is 20.8 Å². The van der Waals surface area contributed by atoms with Gasteiger partial charge in [-0.15, -0.1) is 0 Å². The molecular formula is C15H20ClNO4S. The Balaban J connectivity index is 2.73. The second kappa shape index (κ2) is 5.83. The summed E-state index contributed by atoms with van der Waals surface area (Å²) in [6.45, 7) is 7.49. The lowest BCUT2D eigenvalue weighted by molar-refractivity contribution is 0.200. The number of sulfone groups is 1. The van der Waals surface area contributed by atoms with Crippen LogP contribution in [0.4, 0.5) is 0 Å². The van der Waals surface area contributed by atoms with Gasteiger partial charge in [0, 0.05) is 12.5 Å². The number of rotatable bonds is 4. The third kappa shape index (κ3) is 3.00. The molecule has 1 heterocycles. The molecule has 1 aromatic heterocycles. The molecule has 1 atom stereocenters. The number of benzene rings is 1. The molecule has 0 saturated heterocycles. The molecule has 0 aliphatic heterocycles. The first-order valence-electron chi connectivity index (χ1n) is 6.91. The maximum atomic E-state index is 12.8. The van der Waals surface area contributed by atoms with E-state index in [-0.39, 0.29) is 27.5 Å². The smallest absolute Gasteiger partial charge is 0.200 e. The van der Waals surface area contributed by atoms with Gasteiger partial charge in [0.2, 0.25) is 5.89 Å². The quantitative estimate of drug-likeness (QED) is 0.847. The molecule has 7 heteroatoms. The van der Waals surface area contributed by atoms with Gasteiger partial charge < -0.3 is 9.15 Å². The van der Waals surface area contributed by atoms with Crippen LogP contribution in [0.5, 0.6) is 0 Å². The molecule has 1 unspecified atom stereocenters. The van der Waals surface area contributed by atoms with Gasteiger partial charge in [-0.2, -0.15) is 0 Å². The minimum absolute atomic E-state index is 0.0146. The van der Waals surface area contributed by atoms with Crippen LogP contribution in [-0.4, -0.2) is 32.4 Å². The van der Waals surface area contributed by atoms with E-state index in [4.69, 9.17) is 20.8 Å². The van der Waals surface area contributed by atoms with Crippen LogP contribution >= 0.6 is 11.6 Å². The fourth-order valence-electron chi connectivity index (χ4n) is 2.06. The average Bonchev–Trinajstić information content (AvgIpc) is 2.82. The molecule has 1 aromatic carbocycles. The van der Waals surface area contributed by atoms with Crippen LogP contribution in [0.2, 0.25) is 5.02 Å². The summed E-state index contributed by atoms with van der Waals surface area (Å²) >= 11 is 6.15. The first kappa shape index (κ1) is 17.2. The Morgan fingerprint density at radius 1 is 1.36 bits per heavy atom. The third-order valence-electron chi connectivity index (χ3n) is 3.32. The zero-order valence-corrected chi connectivity index (χ0v) is 14.9. The molecule has 0 radical (unpaired) electrons. The van der Waals surface area contributed by atoms with Gasteiger partial charge in [0.25, 0.3) is 0 Å². The number of fused-ring (bicyclic) bond motifs is 1. The van der Waals surface area contributed by atoms with Gasteiger partial charge >= 0.3 is 0 Å². The number of aromatic nitrogens is 1. The molecule has 22 heavy (non-hydrogen) atoms. The van der Waals surface area contributed by atoms with Crippen LogP contribution in [0.3, 0.4) is 0 Å². The molecule has 122 valence electrons. The van der Waals surface area contributed by atoms with Crippen molar-refractivity contribution in [3.63, 3.8) is 0 Å². The summed E-state index contributed by atoms with van der Waals surface area (Å²) in [7, 11) is -2.22. The molecule has 0 aliphatic rings. The molecule has 2 aromatic rings. The van der Waals surface area contributed by atoms with Gasteiger partial charge in [0.1, 0.15) is 10.4 Å². The molecule has 0 fully saturated rings. The van der Waals surface area contributed by atoms with Gasteiger partial charge in [-0.05, 0) is 19.1 Å². The standard InChI is InChI=1S/C15H20ClNO4S/c1-9(8-20-5)22(18,19)13-10(16)6-7-11-12(13)21-14(17-11)15(2,3)4/h6-7,9H,8H2,1-5H3. The van der Waals surface area contributed by atoms with Crippen LogP contribution in [0.25, 0.3) is 11.1 Å². The van der Waals surface area contributed by atoms with Gasteiger partial charge in [-0.3, -0.25) is 0 Å². The summed E-state index contributed by atoms with van der Waals surface area (Å²) in [6, 6.07) is 3.20. The van der Waals surface area contributed by atoms with Crippen molar-refractivity contribution in [3.8, 4) is 0 Å². The lowest BCUT2D eigenvalue weighted by Gasteiger charge is -2.14. The first-order chi connectivity index (χ1) is 10.1. The van der Waals surface area contributed by atoms with Crippen molar-refractivity contribution >= 4 is 32.5 Å². The Labute approximate surface area is 135 Å². The zero-order valence-electron chi connectivity index (χ0n) is 13.3. The molecule has 0 bridgehead atoms. The minimum Gasteiger partial charge on any atom is -0.439 e. The highest BCUT2D eigenvalue weighted by Gasteiger charge is 2.31. The number of oxazole rings is 1. The average molecular weight is 346 g/mol. The van der Waals surface area contributed by atoms with Crippen molar-refractivity contribution in [2.24, 2.45) is 0 Å². The molecule has 0 amide bonds. The normalized spacial score (nSPS) is 14.5. The van der Waals surface area contributed by atoms with Crippen LogP contribution in [0.15, 0.2) is 21.4 Å². The first-order valence-corrected chi connectivity index (χ1v) is 8.84. The lowest BCUT2D eigenvalue weighted by atomic mass is 9.97. The number of ether oxygens (including phenoxy) is 1. The zero-order chi connectivity index (χ0) is 16.7. The van der Waals surface area contributed by atoms with Crippen molar-refractivity contribution in [2.75, 3.05) is 13.7 Å². The molecule has 0 saturated carbocycles. The molecule has 0 N–H and O–H groups in total. The fraction of sp³-hybridized carbons (Fsp3) is 0.533. The fourth-order valence-corrected chi connectivity index (χ4v) is 3.99. The van der Waals surface area contributed by atoms with Crippen molar-refractivity contribution in [1.82, 2.24) is 4.98 Å². The lowest BCUT2D eigenvalue weighted by Crippen LogP contribution is -2.23. The summed E-state index contributed by atoms with van der Waals surface area (Å²) < 4.78 is 36.2. The van der Waals surface area contributed by atoms with E-state index in [0.717, 1.165) is 0 Å². The largest absolute Gasteiger partial charge is 0.439 e. The Bertz CT molecular complexity index is 790. The highest BCUT2D eigenvalue weighted by molar-refractivity contribution is 7.92. The van der Waals surface area contributed by atoms with Gasteiger partial charge in [-0.1, -0.05) is 32.4 Å². The highest BCUT2D eigenvalue weighted by Crippen LogP contribution is 2.35. The Morgan fingerprint density at radius 2 is 2.00 bits per heavy atom. The molecule has 0 aliphatic carbocycles. The van der Waals surface area contributed by atoms with E-state index >= 15 is 0 Å². The summed E-state index contributed by atoms with van der Waals surface area (Å²) in [5.41, 5.74) is 0.364. The third-order valence-corrected chi connectivity index (χ3v) is 5.92. The van der Waals surface area contributed by atoms with Crippen molar-refractivity contribution in [3.05, 3.63) is 23.0 Å². The summed E-state index contributed by atoms with van der Waals surface area (Å²) in [6.07, 6.45) is 0. The van der Waals surface area contributed by atoms with E-state index in [9.17, 15) is 8.42 Å². The summed E-state index contributed by atoms with van der Waals surface area (Å²) in [4.78, 5) is 4.37. The number of hydrogen-bond acceptors (Lipinski definition) is 5. The number of nitrogens with zero attached hydrogens (tertiary/aromatic N) is 1. The number of methoxy groups -OCH3 is 1. The van der Waals surface area contributed by atoms with Crippen LogP contribution in [0, 0.1) is 0 Å². The minimum atomic E-state index is -3.68. The predicted octanol–water partition coefficient (Wildman–Crippen LogP) is 3.59. The molecular weight excluding hydrogens is 326 g/mol. The van der Waals surface area contributed by atoms with E-state index < -0.39 is 15.1 Å². The monoisotopic (exact) mass is 345 g/mol. The van der Waals surface area contributed by atoms with Crippen LogP contribution in [-0.2, 0) is 20.0 Å². The van der Waals surface area contributed by atoms with Gasteiger partial charge in [0.05, 0.1) is 16.9 Å². The van der Waals surface area contributed by atoms with E-state index in [0.29, 0.717) is 11.4 Å². The molecule has 2 rings (SSSR count). The number of halogens is 1. The van der Waals surface area contributed by atoms with E-state index in [2.05, 4.69) is 4.98 Å². The Morgan fingerprint density at radius 3 is 2.55 bits per heavy atom. The van der Waals surface area contributed by atoms with Crippen molar-refractivity contribution in [1.29, 1.82) is 0 Å². The molecule has 0 spiro atoms. The predicted molar refractivity (Wildman–Crippen MR) is 86.2 cm³/mol. The van der Waals surface area contributed by atoms with E-state index in [1.54, 1.807) is 13.0 Å². The highest BCUT2D eigenvalue weighted by atomic mass is 35.5. The maximum Gasteiger partial charge on any atom is 0.200 e. The summed E-state index contributed by atoms with van der Waals surface area (Å²) in [5, 5.41) is -0.601. The van der Waals surface area contributed by atoms with Gasteiger partial charge in [0.15, 0.2) is 15.4 Å². The van der Waals surface area contributed by atoms with Crippen molar-refractivity contribution in [2.45, 2.75) is 43.3 Å². The van der Waals surface area contributed by atoms with Crippen molar-refractivity contribution < 1.29 is 17.6 Å². The van der Waals surface area contributed by atoms with Crippen LogP contribution < -0.4 is 0 Å². The maximum absolute atomic E-state index is 12.8. The van der Waals surface area contributed by atoms with E-state index in [1.165, 1.54) is 13.2 Å². The second-order valence-corrected chi connectivity index (χ2v) is 9.01. The SMILES string of the molecule is COCC(C)S(=O)(=O)c1c(Cl)ccc2nc(C(C)(C)C)oc12. The second-order valence-electron chi connectivity index (χ2n) is 6.30.